The second kappa shape index (κ2) is 9.48. The number of hydrogen-bond acceptors (Lipinski definition) is 5. The Bertz CT molecular complexity index is 501. The van der Waals surface area contributed by atoms with Gasteiger partial charge >= 0.3 is 12.1 Å². The molecule has 1 aromatic rings. The van der Waals surface area contributed by atoms with Gasteiger partial charge in [-0.25, -0.2) is 4.79 Å². The second-order valence-corrected chi connectivity index (χ2v) is 5.18. The molecule has 0 aliphatic heterocycles. The van der Waals surface area contributed by atoms with Crippen LogP contribution in [0.3, 0.4) is 0 Å². The molecule has 0 aliphatic carbocycles. The first-order valence-corrected chi connectivity index (χ1v) is 7.38. The maximum atomic E-state index is 13.3. The fourth-order valence-corrected chi connectivity index (χ4v) is 2.12. The van der Waals surface area contributed by atoms with E-state index in [1.807, 2.05) is 0 Å². The summed E-state index contributed by atoms with van der Waals surface area (Å²) in [5.74, 6) is -1.23. The lowest BCUT2D eigenvalue weighted by Crippen LogP contribution is -2.44. The number of benzene rings is 1. The molecule has 0 aromatic heterocycles. The van der Waals surface area contributed by atoms with E-state index in [4.69, 9.17) is 14.6 Å². The average molecular weight is 350 g/mol. The minimum atomic E-state index is -4.76. The van der Waals surface area contributed by atoms with E-state index in [1.54, 1.807) is 0 Å². The fraction of sp³-hybridized carbons (Fsp3) is 0.562. The minimum Gasteiger partial charge on any atom is -0.508 e. The van der Waals surface area contributed by atoms with Gasteiger partial charge < -0.3 is 19.3 Å². The molecule has 0 saturated carbocycles. The normalized spacial score (nSPS) is 14.2. The van der Waals surface area contributed by atoms with E-state index in [2.05, 4.69) is 4.74 Å². The zero-order valence-corrected chi connectivity index (χ0v) is 13.5. The summed E-state index contributed by atoms with van der Waals surface area (Å²) in [5, 5.41) is 9.15. The predicted octanol–water partition coefficient (Wildman–Crippen LogP) is 3.31. The van der Waals surface area contributed by atoms with Crippen molar-refractivity contribution in [3.63, 3.8) is 0 Å². The Morgan fingerprint density at radius 1 is 1.17 bits per heavy atom. The van der Waals surface area contributed by atoms with Crippen LogP contribution in [0.15, 0.2) is 24.3 Å². The Balaban J connectivity index is 2.79. The quantitative estimate of drug-likeness (QED) is 0.547. The highest BCUT2D eigenvalue weighted by atomic mass is 19.4. The molecule has 0 bridgehead atoms. The van der Waals surface area contributed by atoms with Gasteiger partial charge in [0.1, 0.15) is 11.9 Å². The van der Waals surface area contributed by atoms with Crippen molar-refractivity contribution in [2.24, 2.45) is 0 Å². The van der Waals surface area contributed by atoms with E-state index in [9.17, 15) is 18.0 Å². The van der Waals surface area contributed by atoms with Gasteiger partial charge in [0, 0.05) is 20.8 Å². The highest BCUT2D eigenvalue weighted by Crippen LogP contribution is 2.30. The Morgan fingerprint density at radius 2 is 1.79 bits per heavy atom. The van der Waals surface area contributed by atoms with Gasteiger partial charge in [-0.05, 0) is 43.5 Å². The Hall–Kier alpha value is -1.80. The van der Waals surface area contributed by atoms with Gasteiger partial charge in [0.25, 0.3) is 0 Å². The first kappa shape index (κ1) is 20.2. The monoisotopic (exact) mass is 350 g/mol. The summed E-state index contributed by atoms with van der Waals surface area (Å²) in [6.07, 6.45) is -7.33. The SMILES string of the molecule is COCCCCC(OC)C(OC(=O)c1ccc(O)cc1)C(F)(F)F. The first-order chi connectivity index (χ1) is 11.3. The van der Waals surface area contributed by atoms with E-state index >= 15 is 0 Å². The van der Waals surface area contributed by atoms with Crippen LogP contribution in [0.1, 0.15) is 29.6 Å². The fourth-order valence-electron chi connectivity index (χ4n) is 2.12. The maximum absolute atomic E-state index is 13.3. The number of unbranched alkanes of at least 4 members (excludes halogenated alkanes) is 1. The molecule has 0 aliphatic rings. The Kier molecular flexibility index (Phi) is 8.00. The van der Waals surface area contributed by atoms with Crippen LogP contribution < -0.4 is 0 Å². The largest absolute Gasteiger partial charge is 0.508 e. The first-order valence-electron chi connectivity index (χ1n) is 7.38. The van der Waals surface area contributed by atoms with Crippen molar-refractivity contribution < 1.29 is 37.3 Å². The molecule has 0 amide bonds. The number of phenolic OH excluding ortho intramolecular Hbond substituents is 1. The van der Waals surface area contributed by atoms with Crippen molar-refractivity contribution >= 4 is 5.97 Å². The number of phenols is 1. The molecule has 1 rings (SSSR count). The van der Waals surface area contributed by atoms with E-state index in [0.717, 1.165) is 7.11 Å². The van der Waals surface area contributed by atoms with Gasteiger partial charge in [-0.15, -0.1) is 0 Å². The van der Waals surface area contributed by atoms with Crippen molar-refractivity contribution in [1.82, 2.24) is 0 Å². The van der Waals surface area contributed by atoms with E-state index in [1.165, 1.54) is 31.4 Å². The van der Waals surface area contributed by atoms with Gasteiger partial charge in [-0.2, -0.15) is 13.2 Å². The maximum Gasteiger partial charge on any atom is 0.428 e. The Morgan fingerprint density at radius 3 is 2.29 bits per heavy atom. The van der Waals surface area contributed by atoms with Gasteiger partial charge in [0.15, 0.2) is 0 Å². The van der Waals surface area contributed by atoms with Crippen molar-refractivity contribution in [1.29, 1.82) is 0 Å². The van der Waals surface area contributed by atoms with Crippen LogP contribution >= 0.6 is 0 Å². The molecule has 1 N–H and O–H groups in total. The van der Waals surface area contributed by atoms with Gasteiger partial charge in [-0.3, -0.25) is 0 Å². The minimum absolute atomic E-state index is 0.0763. The number of alkyl halides is 3. The molecule has 2 atom stereocenters. The third kappa shape index (κ3) is 6.37. The number of ether oxygens (including phenoxy) is 3. The molecule has 0 spiro atoms. The zero-order chi connectivity index (χ0) is 18.2. The summed E-state index contributed by atoms with van der Waals surface area (Å²) in [5.41, 5.74) is -0.0868. The van der Waals surface area contributed by atoms with Crippen LogP contribution in [0.5, 0.6) is 5.75 Å². The summed E-state index contributed by atoms with van der Waals surface area (Å²) in [4.78, 5) is 11.9. The van der Waals surface area contributed by atoms with E-state index in [-0.39, 0.29) is 17.7 Å². The standard InChI is InChI=1S/C16H21F3O5/c1-22-10-4-3-5-13(23-2)14(16(17,18)19)24-15(21)11-6-8-12(20)9-7-11/h6-9,13-14,20H,3-5,10H2,1-2H3. The molecule has 0 heterocycles. The third-order valence-corrected chi connectivity index (χ3v) is 3.39. The summed E-state index contributed by atoms with van der Waals surface area (Å²) in [6, 6.07) is 4.76. The van der Waals surface area contributed by atoms with Crippen LogP contribution in [-0.4, -0.2) is 50.3 Å². The molecule has 8 heteroatoms. The summed E-state index contributed by atoms with van der Waals surface area (Å²) in [7, 11) is 2.65. The molecule has 0 radical (unpaired) electrons. The van der Waals surface area contributed by atoms with Crippen LogP contribution in [0, 0.1) is 0 Å². The zero-order valence-electron chi connectivity index (χ0n) is 13.5. The van der Waals surface area contributed by atoms with Gasteiger partial charge in [0.05, 0.1) is 5.56 Å². The van der Waals surface area contributed by atoms with Crippen LogP contribution in [0.2, 0.25) is 0 Å². The topological polar surface area (TPSA) is 65.0 Å². The van der Waals surface area contributed by atoms with E-state index < -0.39 is 24.4 Å². The van der Waals surface area contributed by atoms with Crippen LogP contribution in [0.25, 0.3) is 0 Å². The van der Waals surface area contributed by atoms with Crippen molar-refractivity contribution in [3.8, 4) is 5.75 Å². The molecule has 0 saturated heterocycles. The third-order valence-electron chi connectivity index (χ3n) is 3.39. The molecule has 0 fully saturated rings. The highest BCUT2D eigenvalue weighted by Gasteiger charge is 2.48. The lowest BCUT2D eigenvalue weighted by Gasteiger charge is -2.27. The highest BCUT2D eigenvalue weighted by molar-refractivity contribution is 5.89. The smallest absolute Gasteiger partial charge is 0.428 e. The van der Waals surface area contributed by atoms with Crippen LogP contribution in [0.4, 0.5) is 13.2 Å². The molecule has 2 unspecified atom stereocenters. The molecule has 1 aromatic carbocycles. The average Bonchev–Trinajstić information content (AvgIpc) is 2.53. The van der Waals surface area contributed by atoms with Gasteiger partial charge in [0.2, 0.25) is 6.10 Å². The number of esters is 1. The molecular formula is C16H21F3O5. The van der Waals surface area contributed by atoms with Crippen molar-refractivity contribution in [3.05, 3.63) is 29.8 Å². The number of methoxy groups -OCH3 is 2. The predicted molar refractivity (Wildman–Crippen MR) is 79.9 cm³/mol. The molecule has 136 valence electrons. The number of carbonyl (C=O) groups excluding carboxylic acids is 1. The second-order valence-electron chi connectivity index (χ2n) is 5.18. The van der Waals surface area contributed by atoms with Gasteiger partial charge in [-0.1, -0.05) is 0 Å². The van der Waals surface area contributed by atoms with Crippen LogP contribution in [-0.2, 0) is 14.2 Å². The summed E-state index contributed by atoms with van der Waals surface area (Å²) in [6.45, 7) is 0.431. The molecule has 24 heavy (non-hydrogen) atoms. The number of carbonyl (C=O) groups is 1. The summed E-state index contributed by atoms with van der Waals surface area (Å²) >= 11 is 0. The number of aromatic hydroxyl groups is 1. The Labute approximate surface area is 138 Å². The van der Waals surface area contributed by atoms with Crippen molar-refractivity contribution in [2.75, 3.05) is 20.8 Å². The lowest BCUT2D eigenvalue weighted by molar-refractivity contribution is -0.234. The lowest BCUT2D eigenvalue weighted by atomic mass is 10.1. The van der Waals surface area contributed by atoms with Crippen molar-refractivity contribution in [2.45, 2.75) is 37.6 Å². The number of halogens is 3. The summed E-state index contributed by atoms with van der Waals surface area (Å²) < 4.78 is 54.1. The van der Waals surface area contributed by atoms with E-state index in [0.29, 0.717) is 19.4 Å². The molecular weight excluding hydrogens is 329 g/mol. The number of hydrogen-bond donors (Lipinski definition) is 1. The molecule has 5 nitrogen and oxygen atoms in total. The number of rotatable bonds is 9.